The molecule has 8 heteroatoms. The zero-order valence-electron chi connectivity index (χ0n) is 14.9. The number of thiophene rings is 1. The summed E-state index contributed by atoms with van der Waals surface area (Å²) in [6.07, 6.45) is 1.02. The Bertz CT molecular complexity index is 1020. The fourth-order valence-electron chi connectivity index (χ4n) is 2.55. The molecule has 0 fully saturated rings. The Morgan fingerprint density at radius 3 is 2.36 bits per heavy atom. The number of nitrogens with one attached hydrogen (secondary N) is 2. The number of rotatable bonds is 8. The van der Waals surface area contributed by atoms with E-state index in [1.54, 1.807) is 35.6 Å². The first kappa shape index (κ1) is 20.0. The third-order valence-electron chi connectivity index (χ3n) is 3.97. The fourth-order valence-corrected chi connectivity index (χ4v) is 4.31. The minimum absolute atomic E-state index is 0.0249. The van der Waals surface area contributed by atoms with Gasteiger partial charge in [0.25, 0.3) is 10.0 Å². The van der Waals surface area contributed by atoms with Crippen LogP contribution in [0.3, 0.4) is 0 Å². The van der Waals surface area contributed by atoms with Crippen molar-refractivity contribution in [1.29, 1.82) is 0 Å². The van der Waals surface area contributed by atoms with Gasteiger partial charge in [0.15, 0.2) is 0 Å². The second-order valence-corrected chi connectivity index (χ2v) is 8.83. The second-order valence-electron chi connectivity index (χ2n) is 6.11. The third-order valence-corrected chi connectivity index (χ3v) is 6.30. The van der Waals surface area contributed by atoms with Gasteiger partial charge < -0.3 is 5.32 Å². The molecule has 5 nitrogen and oxygen atoms in total. The summed E-state index contributed by atoms with van der Waals surface area (Å²) >= 11 is 1.66. The van der Waals surface area contributed by atoms with E-state index in [4.69, 9.17) is 0 Å². The van der Waals surface area contributed by atoms with Gasteiger partial charge in [-0.05, 0) is 59.8 Å². The van der Waals surface area contributed by atoms with Crippen molar-refractivity contribution in [3.63, 3.8) is 0 Å². The summed E-state index contributed by atoms with van der Waals surface area (Å²) in [5.74, 6) is -0.590. The van der Waals surface area contributed by atoms with Crippen molar-refractivity contribution in [2.45, 2.75) is 17.7 Å². The predicted octanol–water partition coefficient (Wildman–Crippen LogP) is 3.59. The van der Waals surface area contributed by atoms with Crippen LogP contribution in [0, 0.1) is 5.82 Å². The molecule has 2 aromatic carbocycles. The van der Waals surface area contributed by atoms with Crippen molar-refractivity contribution >= 4 is 33.0 Å². The maximum absolute atomic E-state index is 13.0. The molecule has 0 radical (unpaired) electrons. The number of anilines is 1. The molecule has 0 aliphatic carbocycles. The Balaban J connectivity index is 1.52. The van der Waals surface area contributed by atoms with Crippen LogP contribution in [0.4, 0.5) is 10.1 Å². The number of carbonyl (C=O) groups excluding carboxylic acids is 1. The number of halogens is 1. The zero-order valence-corrected chi connectivity index (χ0v) is 16.5. The van der Waals surface area contributed by atoms with Crippen molar-refractivity contribution in [3.05, 3.63) is 82.3 Å². The van der Waals surface area contributed by atoms with E-state index in [0.29, 0.717) is 12.2 Å². The molecule has 1 amide bonds. The van der Waals surface area contributed by atoms with Crippen molar-refractivity contribution in [2.75, 3.05) is 11.3 Å². The molecular weight excluding hydrogens is 399 g/mol. The topological polar surface area (TPSA) is 75.3 Å². The molecule has 0 aliphatic heterocycles. The first-order valence-electron chi connectivity index (χ1n) is 8.59. The van der Waals surface area contributed by atoms with Gasteiger partial charge in [0.05, 0.1) is 11.3 Å². The number of hydrogen-bond donors (Lipinski definition) is 2. The molecule has 3 rings (SSSR count). The summed E-state index contributed by atoms with van der Waals surface area (Å²) in [6.45, 7) is 0.578. The van der Waals surface area contributed by atoms with E-state index in [0.717, 1.165) is 24.1 Å². The highest BCUT2D eigenvalue weighted by Gasteiger charge is 2.14. The molecule has 0 bridgehead atoms. The van der Waals surface area contributed by atoms with Crippen molar-refractivity contribution in [3.8, 4) is 0 Å². The average Bonchev–Trinajstić information content (AvgIpc) is 3.17. The lowest BCUT2D eigenvalue weighted by molar-refractivity contribution is -0.120. The molecule has 0 saturated carbocycles. The smallest absolute Gasteiger partial charge is 0.261 e. The predicted molar refractivity (Wildman–Crippen MR) is 108 cm³/mol. The Kier molecular flexibility index (Phi) is 6.43. The summed E-state index contributed by atoms with van der Waals surface area (Å²) in [6, 6.07) is 15.2. The van der Waals surface area contributed by atoms with Gasteiger partial charge in [-0.25, -0.2) is 12.8 Å². The van der Waals surface area contributed by atoms with Crippen LogP contribution in [0.1, 0.15) is 10.4 Å². The standard InChI is InChI=1S/C20H19FN2O3S2/c21-16-5-9-19(10-6-16)28(25,26)23-17-7-3-15(4-8-17)14-20(24)22-12-11-18-2-1-13-27-18/h1-10,13,23H,11-12,14H2,(H,22,24). The maximum Gasteiger partial charge on any atom is 0.261 e. The van der Waals surface area contributed by atoms with Crippen molar-refractivity contribution in [1.82, 2.24) is 5.32 Å². The third kappa shape index (κ3) is 5.64. The lowest BCUT2D eigenvalue weighted by atomic mass is 10.1. The Labute approximate surface area is 167 Å². The van der Waals surface area contributed by atoms with Crippen LogP contribution < -0.4 is 10.0 Å². The van der Waals surface area contributed by atoms with Gasteiger partial charge in [0.2, 0.25) is 5.91 Å². The molecule has 0 atom stereocenters. The van der Waals surface area contributed by atoms with E-state index in [2.05, 4.69) is 10.0 Å². The average molecular weight is 419 g/mol. The highest BCUT2D eigenvalue weighted by molar-refractivity contribution is 7.92. The number of benzene rings is 2. The zero-order chi connectivity index (χ0) is 20.0. The first-order valence-corrected chi connectivity index (χ1v) is 10.9. The van der Waals surface area contributed by atoms with Gasteiger partial charge in [-0.15, -0.1) is 11.3 Å². The summed E-state index contributed by atoms with van der Waals surface area (Å²) in [5, 5.41) is 4.88. The van der Waals surface area contributed by atoms with Crippen LogP contribution in [0.25, 0.3) is 0 Å². The van der Waals surface area contributed by atoms with Gasteiger partial charge in [0.1, 0.15) is 5.82 Å². The van der Waals surface area contributed by atoms with Gasteiger partial charge in [-0.1, -0.05) is 18.2 Å². The van der Waals surface area contributed by atoms with Crippen molar-refractivity contribution < 1.29 is 17.6 Å². The number of carbonyl (C=O) groups is 1. The highest BCUT2D eigenvalue weighted by atomic mass is 32.2. The van der Waals surface area contributed by atoms with Crippen LogP contribution in [-0.4, -0.2) is 20.9 Å². The Hall–Kier alpha value is -2.71. The molecule has 28 heavy (non-hydrogen) atoms. The van der Waals surface area contributed by atoms with Crippen LogP contribution >= 0.6 is 11.3 Å². The van der Waals surface area contributed by atoms with Crippen LogP contribution in [0.5, 0.6) is 0 Å². The van der Waals surface area contributed by atoms with Gasteiger partial charge >= 0.3 is 0 Å². The number of hydrogen-bond acceptors (Lipinski definition) is 4. The minimum atomic E-state index is -3.79. The SMILES string of the molecule is O=C(Cc1ccc(NS(=O)(=O)c2ccc(F)cc2)cc1)NCCc1cccs1. The molecule has 2 N–H and O–H groups in total. The summed E-state index contributed by atoms with van der Waals surface area (Å²) in [7, 11) is -3.79. The molecule has 1 heterocycles. The summed E-state index contributed by atoms with van der Waals surface area (Å²) < 4.78 is 40.0. The molecule has 3 aromatic rings. The van der Waals surface area contributed by atoms with Crippen molar-refractivity contribution in [2.24, 2.45) is 0 Å². The van der Waals surface area contributed by atoms with E-state index in [1.165, 1.54) is 17.0 Å². The number of sulfonamides is 1. The molecule has 0 spiro atoms. The maximum atomic E-state index is 13.0. The second kappa shape index (κ2) is 8.99. The highest BCUT2D eigenvalue weighted by Crippen LogP contribution is 2.17. The molecule has 1 aromatic heterocycles. The fraction of sp³-hybridized carbons (Fsp3) is 0.150. The Morgan fingerprint density at radius 1 is 1.00 bits per heavy atom. The molecule has 0 aliphatic rings. The summed E-state index contributed by atoms with van der Waals surface area (Å²) in [5.41, 5.74) is 1.14. The molecular formula is C20H19FN2O3S2. The lowest BCUT2D eigenvalue weighted by Gasteiger charge is -2.09. The minimum Gasteiger partial charge on any atom is -0.355 e. The van der Waals surface area contributed by atoms with E-state index in [9.17, 15) is 17.6 Å². The first-order chi connectivity index (χ1) is 13.4. The summed E-state index contributed by atoms with van der Waals surface area (Å²) in [4.78, 5) is 13.2. The van der Waals surface area contributed by atoms with Gasteiger partial charge in [-0.2, -0.15) is 0 Å². The Morgan fingerprint density at radius 2 is 1.71 bits per heavy atom. The van der Waals surface area contributed by atoms with Crippen LogP contribution in [0.15, 0.2) is 70.9 Å². The van der Waals surface area contributed by atoms with E-state index in [1.807, 2.05) is 17.5 Å². The van der Waals surface area contributed by atoms with E-state index < -0.39 is 15.8 Å². The van der Waals surface area contributed by atoms with Gasteiger partial charge in [0, 0.05) is 17.1 Å². The normalized spacial score (nSPS) is 11.2. The quantitative estimate of drug-likeness (QED) is 0.587. The van der Waals surface area contributed by atoms with Crippen LogP contribution in [0.2, 0.25) is 0 Å². The lowest BCUT2D eigenvalue weighted by Crippen LogP contribution is -2.27. The van der Waals surface area contributed by atoms with E-state index in [-0.39, 0.29) is 17.2 Å². The molecule has 0 saturated heterocycles. The molecule has 0 unspecified atom stereocenters. The van der Waals surface area contributed by atoms with E-state index >= 15 is 0 Å². The number of amides is 1. The largest absolute Gasteiger partial charge is 0.355 e. The molecule has 146 valence electrons. The van der Waals surface area contributed by atoms with Crippen LogP contribution in [-0.2, 0) is 27.7 Å². The monoisotopic (exact) mass is 418 g/mol. The van der Waals surface area contributed by atoms with Gasteiger partial charge in [-0.3, -0.25) is 9.52 Å².